The first kappa shape index (κ1) is 12.8. The number of nitrogens with one attached hydrogen (secondary N) is 1. The summed E-state index contributed by atoms with van der Waals surface area (Å²) >= 11 is 0. The van der Waals surface area contributed by atoms with Crippen LogP contribution in [0.3, 0.4) is 0 Å². The van der Waals surface area contributed by atoms with Crippen LogP contribution in [0.4, 0.5) is 21.5 Å². The molecule has 0 saturated carbocycles. The highest BCUT2D eigenvalue weighted by atomic mass is 19.1. The quantitative estimate of drug-likeness (QED) is 0.469. The van der Waals surface area contributed by atoms with Gasteiger partial charge in [0.1, 0.15) is 5.69 Å². The topological polar surface area (TPSA) is 98.3 Å². The fraction of sp³-hybridized carbons (Fsp3) is 0.333. The van der Waals surface area contributed by atoms with Crippen molar-refractivity contribution in [3.05, 3.63) is 38.4 Å². The summed E-state index contributed by atoms with van der Waals surface area (Å²) < 4.78 is 11.9. The van der Waals surface area contributed by atoms with Crippen molar-refractivity contribution in [2.45, 2.75) is 6.42 Å². The van der Waals surface area contributed by atoms with Crippen molar-refractivity contribution in [1.82, 2.24) is 0 Å². The molecule has 0 saturated heterocycles. The van der Waals surface area contributed by atoms with E-state index in [0.29, 0.717) is 0 Å². The molecular weight excluding hydrogens is 233 g/mol. The third kappa shape index (κ3) is 3.37. The van der Waals surface area contributed by atoms with Crippen LogP contribution < -0.4 is 5.32 Å². The number of halogens is 1. The van der Waals surface area contributed by atoms with Gasteiger partial charge in [0.05, 0.1) is 22.6 Å². The Labute approximate surface area is 95.5 Å². The molecule has 0 fully saturated rings. The Bertz CT molecular complexity index is 438. The normalized spacial score (nSPS) is 9.94. The van der Waals surface area contributed by atoms with Crippen LogP contribution >= 0.6 is 0 Å². The maximum atomic E-state index is 11.9. The molecule has 1 N–H and O–H groups in total. The van der Waals surface area contributed by atoms with E-state index in [4.69, 9.17) is 0 Å². The molecule has 92 valence electrons. The highest BCUT2D eigenvalue weighted by Gasteiger charge is 2.18. The number of hydrogen-bond donors (Lipinski definition) is 1. The van der Waals surface area contributed by atoms with Gasteiger partial charge in [-0.15, -0.1) is 0 Å². The molecule has 0 unspecified atom stereocenters. The summed E-state index contributed by atoms with van der Waals surface area (Å²) in [6, 6.07) is 3.27. The summed E-state index contributed by atoms with van der Waals surface area (Å²) in [7, 11) is 0. The second-order valence-electron chi connectivity index (χ2n) is 3.18. The lowest BCUT2D eigenvalue weighted by atomic mass is 10.2. The van der Waals surface area contributed by atoms with Gasteiger partial charge in [0.25, 0.3) is 11.4 Å². The maximum absolute atomic E-state index is 11.9. The molecule has 8 heteroatoms. The van der Waals surface area contributed by atoms with Crippen molar-refractivity contribution in [2.75, 3.05) is 18.5 Å². The summed E-state index contributed by atoms with van der Waals surface area (Å²) in [5.41, 5.74) is -0.597. The minimum Gasteiger partial charge on any atom is -0.379 e. The highest BCUT2D eigenvalue weighted by Crippen LogP contribution is 2.28. The lowest BCUT2D eigenvalue weighted by molar-refractivity contribution is -0.393. The summed E-state index contributed by atoms with van der Waals surface area (Å²) in [5, 5.41) is 23.8. The Morgan fingerprint density at radius 3 is 2.47 bits per heavy atom. The van der Waals surface area contributed by atoms with E-state index >= 15 is 0 Å². The molecule has 1 rings (SSSR count). The maximum Gasteiger partial charge on any atom is 0.299 e. The van der Waals surface area contributed by atoms with Gasteiger partial charge < -0.3 is 5.32 Å². The molecule has 17 heavy (non-hydrogen) atoms. The van der Waals surface area contributed by atoms with Gasteiger partial charge in [0.15, 0.2) is 0 Å². The molecule has 0 radical (unpaired) electrons. The van der Waals surface area contributed by atoms with Gasteiger partial charge in [-0.25, -0.2) is 0 Å². The molecule has 0 bridgehead atoms. The number of nitro benzene ring substituents is 2. The fourth-order valence-electron chi connectivity index (χ4n) is 1.22. The van der Waals surface area contributed by atoms with E-state index in [1.807, 2.05) is 0 Å². The molecule has 0 aromatic heterocycles. The molecule has 7 nitrogen and oxygen atoms in total. The molecule has 0 amide bonds. The first-order chi connectivity index (χ1) is 8.06. The predicted octanol–water partition coefficient (Wildman–Crippen LogP) is 2.27. The van der Waals surface area contributed by atoms with Gasteiger partial charge in [0, 0.05) is 12.6 Å². The summed E-state index contributed by atoms with van der Waals surface area (Å²) in [6.45, 7) is -0.303. The molecule has 0 spiro atoms. The summed E-state index contributed by atoms with van der Waals surface area (Å²) in [6.07, 6.45) is 0.216. The lowest BCUT2D eigenvalue weighted by Gasteiger charge is -2.05. The van der Waals surface area contributed by atoms with Gasteiger partial charge >= 0.3 is 0 Å². The van der Waals surface area contributed by atoms with Gasteiger partial charge in [-0.3, -0.25) is 24.6 Å². The van der Waals surface area contributed by atoms with Gasteiger partial charge in [-0.1, -0.05) is 0 Å². The van der Waals surface area contributed by atoms with E-state index in [1.165, 1.54) is 6.07 Å². The van der Waals surface area contributed by atoms with E-state index in [9.17, 15) is 24.6 Å². The van der Waals surface area contributed by atoms with Crippen molar-refractivity contribution in [3.8, 4) is 0 Å². The van der Waals surface area contributed by atoms with E-state index < -0.39 is 22.2 Å². The van der Waals surface area contributed by atoms with Crippen LogP contribution in [0.25, 0.3) is 0 Å². The predicted molar refractivity (Wildman–Crippen MR) is 58.8 cm³/mol. The smallest absolute Gasteiger partial charge is 0.299 e. The summed E-state index contributed by atoms with van der Waals surface area (Å²) in [4.78, 5) is 19.7. The van der Waals surface area contributed by atoms with E-state index in [-0.39, 0.29) is 24.3 Å². The number of rotatable bonds is 6. The van der Waals surface area contributed by atoms with Gasteiger partial charge in [-0.2, -0.15) is 0 Å². The first-order valence-corrected chi connectivity index (χ1v) is 4.79. The molecule has 1 aromatic carbocycles. The third-order valence-corrected chi connectivity index (χ3v) is 2.01. The van der Waals surface area contributed by atoms with Crippen LogP contribution in [0.1, 0.15) is 6.42 Å². The second-order valence-corrected chi connectivity index (χ2v) is 3.18. The zero-order chi connectivity index (χ0) is 12.8. The first-order valence-electron chi connectivity index (χ1n) is 4.79. The van der Waals surface area contributed by atoms with E-state index in [1.54, 1.807) is 0 Å². The van der Waals surface area contributed by atoms with Crippen molar-refractivity contribution in [1.29, 1.82) is 0 Å². The fourth-order valence-corrected chi connectivity index (χ4v) is 1.22. The van der Waals surface area contributed by atoms with E-state index in [0.717, 1.165) is 12.1 Å². The lowest BCUT2D eigenvalue weighted by Crippen LogP contribution is -2.05. The Kier molecular flexibility index (Phi) is 4.32. The Hall–Kier alpha value is -2.25. The molecule has 0 atom stereocenters. The van der Waals surface area contributed by atoms with Crippen LogP contribution in [0, 0.1) is 20.2 Å². The minimum absolute atomic E-state index is 0.147. The Morgan fingerprint density at radius 1 is 1.24 bits per heavy atom. The number of non-ortho nitro benzene ring substituents is 1. The highest BCUT2D eigenvalue weighted by molar-refractivity contribution is 5.65. The number of anilines is 1. The molecule has 0 aliphatic carbocycles. The van der Waals surface area contributed by atoms with Crippen molar-refractivity contribution >= 4 is 17.1 Å². The molecular formula is C9H10FN3O4. The molecule has 0 heterocycles. The Balaban J connectivity index is 2.96. The van der Waals surface area contributed by atoms with Crippen LogP contribution in [-0.4, -0.2) is 23.1 Å². The van der Waals surface area contributed by atoms with Crippen LogP contribution in [0.2, 0.25) is 0 Å². The molecule has 1 aromatic rings. The number of benzene rings is 1. The zero-order valence-electron chi connectivity index (χ0n) is 8.76. The van der Waals surface area contributed by atoms with Crippen molar-refractivity contribution in [3.63, 3.8) is 0 Å². The number of alkyl halides is 1. The van der Waals surface area contributed by atoms with Crippen LogP contribution in [0.5, 0.6) is 0 Å². The van der Waals surface area contributed by atoms with Crippen LogP contribution in [-0.2, 0) is 0 Å². The monoisotopic (exact) mass is 243 g/mol. The average molecular weight is 243 g/mol. The van der Waals surface area contributed by atoms with E-state index in [2.05, 4.69) is 5.32 Å². The summed E-state index contributed by atoms with van der Waals surface area (Å²) in [5.74, 6) is 0. The van der Waals surface area contributed by atoms with Gasteiger partial charge in [0.2, 0.25) is 0 Å². The average Bonchev–Trinajstić information content (AvgIpc) is 2.29. The number of nitrogens with zero attached hydrogens (tertiary/aromatic N) is 2. The number of hydrogen-bond acceptors (Lipinski definition) is 5. The minimum atomic E-state index is -0.717. The van der Waals surface area contributed by atoms with Gasteiger partial charge in [-0.05, 0) is 12.5 Å². The standard InChI is InChI=1S/C9H10FN3O4/c10-4-1-5-11-8-3-2-7(12(14)15)6-9(8)13(16)17/h2-3,6,11H,1,4-5H2. The molecule has 0 aliphatic rings. The zero-order valence-corrected chi connectivity index (χ0v) is 8.76. The Morgan fingerprint density at radius 2 is 1.94 bits per heavy atom. The van der Waals surface area contributed by atoms with Crippen molar-refractivity contribution < 1.29 is 14.2 Å². The largest absolute Gasteiger partial charge is 0.379 e. The third-order valence-electron chi connectivity index (χ3n) is 2.01. The SMILES string of the molecule is O=[N+]([O-])c1ccc(NCCCF)c([N+](=O)[O-])c1. The number of nitro groups is 2. The van der Waals surface area contributed by atoms with Crippen molar-refractivity contribution in [2.24, 2.45) is 0 Å². The second kappa shape index (κ2) is 5.73. The molecule has 0 aliphatic heterocycles. The van der Waals surface area contributed by atoms with Crippen LogP contribution in [0.15, 0.2) is 18.2 Å².